The first kappa shape index (κ1) is 43.3. The Morgan fingerprint density at radius 3 is 2.00 bits per heavy atom. The highest BCUT2D eigenvalue weighted by atomic mass is 16.5. The van der Waals surface area contributed by atoms with Gasteiger partial charge in [0.15, 0.2) is 11.5 Å². The molecule has 47 heavy (non-hydrogen) atoms. The van der Waals surface area contributed by atoms with Gasteiger partial charge in [-0.25, -0.2) is 9.59 Å². The normalized spacial score (nSPS) is 14.1. The number of aliphatic hydroxyl groups is 1. The quantitative estimate of drug-likeness (QED) is 0.0826. The highest BCUT2D eigenvalue weighted by molar-refractivity contribution is 5.89. The van der Waals surface area contributed by atoms with Crippen molar-refractivity contribution in [2.75, 3.05) is 34.0 Å². The summed E-state index contributed by atoms with van der Waals surface area (Å²) in [5.74, 6) is -1.72. The smallest absolute Gasteiger partial charge is 0.328 e. The standard InChI is InChI=1S/C30H53N3O6.C4H4O4/c1-19(2)22(14-21-10-11-26(38-8)27(15-21)39-13-9-12-37-7)16-24(31)25(34)17-23(20(3)4)28(35)33-18-30(5,6)29(32)36;5-3(6)1-2-4(7)8/h10-11,15,19-20,22-25,34H,9,12-14,16-18,31H2,1-8H3,(H2,32,36)(H,33,35);1-2H,(H,5,6)(H,7,8)/b;2-1-/t22-,23-,24-,25-;/m0./s1. The maximum atomic E-state index is 12.9. The van der Waals surface area contributed by atoms with Gasteiger partial charge < -0.3 is 46.3 Å². The number of aliphatic carboxylic acids is 2. The molecule has 0 heterocycles. The number of nitrogens with one attached hydrogen (secondary N) is 1. The van der Waals surface area contributed by atoms with E-state index < -0.39 is 41.3 Å². The minimum atomic E-state index is -1.26. The summed E-state index contributed by atoms with van der Waals surface area (Å²) in [5.41, 5.74) is 12.2. The fourth-order valence-electron chi connectivity index (χ4n) is 4.53. The van der Waals surface area contributed by atoms with E-state index in [2.05, 4.69) is 19.2 Å². The van der Waals surface area contributed by atoms with Gasteiger partial charge in [0.05, 0.1) is 25.2 Å². The van der Waals surface area contributed by atoms with Crippen molar-refractivity contribution in [1.82, 2.24) is 5.32 Å². The maximum absolute atomic E-state index is 12.9. The molecule has 0 saturated carbocycles. The van der Waals surface area contributed by atoms with Crippen LogP contribution in [0.3, 0.4) is 0 Å². The Balaban J connectivity index is 0.00000233. The van der Waals surface area contributed by atoms with Crippen molar-refractivity contribution < 1.29 is 48.7 Å². The SMILES string of the molecule is COCCCOc1cc(C[C@@H](C[C@H](N)[C@@H](O)C[C@H](C(=O)NCC(C)(C)C(N)=O)C(C)C)C(C)C)ccc1OC.O=C(O)/C=C\C(=O)O. The van der Waals surface area contributed by atoms with Crippen LogP contribution >= 0.6 is 0 Å². The van der Waals surface area contributed by atoms with Gasteiger partial charge in [-0.3, -0.25) is 9.59 Å². The molecule has 0 aromatic heterocycles. The van der Waals surface area contributed by atoms with E-state index in [1.165, 1.54) is 0 Å². The van der Waals surface area contributed by atoms with Crippen molar-refractivity contribution in [3.63, 3.8) is 0 Å². The number of amides is 2. The van der Waals surface area contributed by atoms with Crippen molar-refractivity contribution >= 4 is 23.8 Å². The van der Waals surface area contributed by atoms with E-state index in [0.717, 1.165) is 18.4 Å². The van der Waals surface area contributed by atoms with Gasteiger partial charge in [-0.15, -0.1) is 0 Å². The fourth-order valence-corrected chi connectivity index (χ4v) is 4.53. The van der Waals surface area contributed by atoms with Crippen molar-refractivity contribution in [2.24, 2.45) is 40.6 Å². The molecule has 2 amide bonds. The molecule has 268 valence electrons. The molecular formula is C34H57N3O10. The number of primary amides is 1. The summed E-state index contributed by atoms with van der Waals surface area (Å²) in [5, 5.41) is 29.5. The van der Waals surface area contributed by atoms with Crippen molar-refractivity contribution in [3.05, 3.63) is 35.9 Å². The number of carboxylic acid groups (broad SMARTS) is 2. The molecule has 0 radical (unpaired) electrons. The molecule has 0 fully saturated rings. The summed E-state index contributed by atoms with van der Waals surface area (Å²) in [6.07, 6.45) is 2.68. The highest BCUT2D eigenvalue weighted by Gasteiger charge is 2.32. The number of benzene rings is 1. The van der Waals surface area contributed by atoms with Crippen LogP contribution in [0.5, 0.6) is 11.5 Å². The second kappa shape index (κ2) is 22.0. The Hall–Kier alpha value is -3.68. The number of ether oxygens (including phenoxy) is 3. The van der Waals surface area contributed by atoms with Crippen LogP contribution in [0.15, 0.2) is 30.4 Å². The van der Waals surface area contributed by atoms with Gasteiger partial charge in [0.25, 0.3) is 0 Å². The van der Waals surface area contributed by atoms with Crippen molar-refractivity contribution in [2.45, 2.75) is 79.4 Å². The average molecular weight is 668 g/mol. The first-order chi connectivity index (χ1) is 21.9. The minimum Gasteiger partial charge on any atom is -0.493 e. The summed E-state index contributed by atoms with van der Waals surface area (Å²) >= 11 is 0. The van der Waals surface area contributed by atoms with E-state index in [9.17, 15) is 24.3 Å². The maximum Gasteiger partial charge on any atom is 0.328 e. The first-order valence-corrected chi connectivity index (χ1v) is 15.8. The predicted octanol–water partition coefficient (Wildman–Crippen LogP) is 3.01. The second-order valence-corrected chi connectivity index (χ2v) is 12.9. The third kappa shape index (κ3) is 17.7. The van der Waals surface area contributed by atoms with Gasteiger partial charge >= 0.3 is 11.9 Å². The minimum absolute atomic E-state index is 0.00829. The zero-order chi connectivity index (χ0) is 36.3. The Labute approximate surface area is 279 Å². The van der Waals surface area contributed by atoms with Gasteiger partial charge in [0, 0.05) is 50.8 Å². The third-order valence-corrected chi connectivity index (χ3v) is 7.87. The molecule has 0 spiro atoms. The Morgan fingerprint density at radius 1 is 0.936 bits per heavy atom. The number of carboxylic acids is 2. The summed E-state index contributed by atoms with van der Waals surface area (Å²) in [6, 6.07) is 5.47. The van der Waals surface area contributed by atoms with Gasteiger partial charge in [-0.2, -0.15) is 0 Å². The lowest BCUT2D eigenvalue weighted by atomic mass is 9.80. The monoisotopic (exact) mass is 667 g/mol. The molecule has 1 aromatic carbocycles. The summed E-state index contributed by atoms with van der Waals surface area (Å²) in [4.78, 5) is 43.7. The number of aliphatic hydroxyl groups excluding tert-OH is 1. The number of methoxy groups -OCH3 is 2. The summed E-state index contributed by atoms with van der Waals surface area (Å²) in [6.45, 7) is 12.9. The number of carbonyl (C=O) groups is 4. The molecule has 8 N–H and O–H groups in total. The van der Waals surface area contributed by atoms with E-state index in [0.29, 0.717) is 49.2 Å². The summed E-state index contributed by atoms with van der Waals surface area (Å²) in [7, 11) is 3.29. The van der Waals surface area contributed by atoms with Gasteiger partial charge in [0.1, 0.15) is 0 Å². The topological polar surface area (TPSA) is 221 Å². The molecule has 0 bridgehead atoms. The third-order valence-electron chi connectivity index (χ3n) is 7.87. The van der Waals surface area contributed by atoms with Crippen LogP contribution in [-0.4, -0.2) is 85.2 Å². The Bertz CT molecular complexity index is 1140. The number of nitrogens with two attached hydrogens (primary N) is 2. The van der Waals surface area contributed by atoms with Crippen LogP contribution in [0.4, 0.5) is 0 Å². The lowest BCUT2D eigenvalue weighted by molar-refractivity contribution is -0.134. The van der Waals surface area contributed by atoms with Gasteiger partial charge in [-0.05, 0) is 68.6 Å². The van der Waals surface area contributed by atoms with Crippen molar-refractivity contribution in [3.8, 4) is 11.5 Å². The van der Waals surface area contributed by atoms with Gasteiger partial charge in [0.2, 0.25) is 11.8 Å². The molecule has 1 rings (SSSR count). The van der Waals surface area contributed by atoms with Crippen LogP contribution in [0.2, 0.25) is 0 Å². The number of rotatable bonds is 21. The molecule has 13 nitrogen and oxygen atoms in total. The summed E-state index contributed by atoms with van der Waals surface area (Å²) < 4.78 is 16.5. The van der Waals surface area contributed by atoms with Crippen molar-refractivity contribution in [1.29, 1.82) is 0 Å². The molecule has 0 unspecified atom stereocenters. The molecule has 13 heteroatoms. The molecule has 0 aliphatic carbocycles. The number of carbonyl (C=O) groups excluding carboxylic acids is 2. The highest BCUT2D eigenvalue weighted by Crippen LogP contribution is 2.32. The predicted molar refractivity (Wildman–Crippen MR) is 179 cm³/mol. The Kier molecular flexibility index (Phi) is 20.3. The van der Waals surface area contributed by atoms with E-state index in [1.54, 1.807) is 28.1 Å². The van der Waals surface area contributed by atoms with Crippen LogP contribution in [0.25, 0.3) is 0 Å². The van der Waals surface area contributed by atoms with Gasteiger partial charge in [-0.1, -0.05) is 33.8 Å². The molecule has 1 aromatic rings. The molecule has 4 atom stereocenters. The van der Waals surface area contributed by atoms with Crippen LogP contribution in [0, 0.1) is 29.1 Å². The molecule has 0 aliphatic heterocycles. The fraction of sp³-hybridized carbons (Fsp3) is 0.647. The molecule has 0 aliphatic rings. The zero-order valence-corrected chi connectivity index (χ0v) is 29.2. The van der Waals surface area contributed by atoms with E-state index in [-0.39, 0.29) is 30.7 Å². The largest absolute Gasteiger partial charge is 0.493 e. The average Bonchev–Trinajstić information content (AvgIpc) is 2.99. The molecular weight excluding hydrogens is 610 g/mol. The second-order valence-electron chi connectivity index (χ2n) is 12.9. The van der Waals surface area contributed by atoms with E-state index >= 15 is 0 Å². The van der Waals surface area contributed by atoms with E-state index in [4.69, 9.17) is 35.9 Å². The number of hydrogen-bond donors (Lipinski definition) is 6. The van der Waals surface area contributed by atoms with Crippen LogP contribution < -0.4 is 26.3 Å². The van der Waals surface area contributed by atoms with E-state index in [1.807, 2.05) is 32.0 Å². The van der Waals surface area contributed by atoms with Crippen LogP contribution in [0.1, 0.15) is 66.4 Å². The van der Waals surface area contributed by atoms with Crippen LogP contribution in [-0.2, 0) is 30.3 Å². The lowest BCUT2D eigenvalue weighted by Crippen LogP contribution is -2.46. The first-order valence-electron chi connectivity index (χ1n) is 15.8. The molecule has 0 saturated heterocycles. The number of hydrogen-bond acceptors (Lipinski definition) is 9. The zero-order valence-electron chi connectivity index (χ0n) is 29.2. The Morgan fingerprint density at radius 2 is 1.53 bits per heavy atom. The lowest BCUT2D eigenvalue weighted by Gasteiger charge is -2.30.